The van der Waals surface area contributed by atoms with Crippen LogP contribution in [0.1, 0.15) is 36.0 Å². The van der Waals surface area contributed by atoms with Crippen molar-refractivity contribution in [3.63, 3.8) is 0 Å². The SMILES string of the molecule is NOCCCOc1cc(Cl)cc(C(=O)N2CCCCC2)c1. The molecule has 1 saturated heterocycles. The summed E-state index contributed by atoms with van der Waals surface area (Å²) in [6.45, 7) is 2.53. The topological polar surface area (TPSA) is 64.8 Å². The van der Waals surface area contributed by atoms with Crippen LogP contribution in [-0.4, -0.2) is 37.1 Å². The van der Waals surface area contributed by atoms with E-state index in [2.05, 4.69) is 4.84 Å². The third-order valence-electron chi connectivity index (χ3n) is 3.44. The molecule has 1 heterocycles. The van der Waals surface area contributed by atoms with Crippen LogP contribution in [0.5, 0.6) is 5.75 Å². The molecular weight excluding hydrogens is 292 g/mol. The lowest BCUT2D eigenvalue weighted by Crippen LogP contribution is -2.35. The first-order chi connectivity index (χ1) is 10.2. The Kier molecular flexibility index (Phi) is 6.29. The molecule has 0 spiro atoms. The van der Waals surface area contributed by atoms with Crippen molar-refractivity contribution in [3.8, 4) is 5.75 Å². The highest BCUT2D eigenvalue weighted by Gasteiger charge is 2.19. The van der Waals surface area contributed by atoms with Gasteiger partial charge < -0.3 is 14.5 Å². The summed E-state index contributed by atoms with van der Waals surface area (Å²) in [5.74, 6) is 5.57. The second kappa shape index (κ2) is 8.22. The molecule has 21 heavy (non-hydrogen) atoms. The molecule has 0 aromatic heterocycles. The number of nitrogens with zero attached hydrogens (tertiary/aromatic N) is 1. The number of hydrogen-bond acceptors (Lipinski definition) is 4. The molecule has 1 aromatic rings. The zero-order valence-corrected chi connectivity index (χ0v) is 12.8. The summed E-state index contributed by atoms with van der Waals surface area (Å²) in [6, 6.07) is 5.14. The number of ether oxygens (including phenoxy) is 1. The van der Waals surface area contributed by atoms with Crippen molar-refractivity contribution in [1.29, 1.82) is 0 Å². The Morgan fingerprint density at radius 1 is 1.19 bits per heavy atom. The van der Waals surface area contributed by atoms with Gasteiger partial charge in [-0.2, -0.15) is 0 Å². The lowest BCUT2D eigenvalue weighted by molar-refractivity contribution is 0.0723. The minimum atomic E-state index is 0.0207. The van der Waals surface area contributed by atoms with Crippen LogP contribution in [0.15, 0.2) is 18.2 Å². The number of amides is 1. The number of halogens is 1. The molecular formula is C15H21ClN2O3. The van der Waals surface area contributed by atoms with Gasteiger partial charge >= 0.3 is 0 Å². The minimum Gasteiger partial charge on any atom is -0.493 e. The Labute approximate surface area is 129 Å². The van der Waals surface area contributed by atoms with Gasteiger partial charge in [0, 0.05) is 30.1 Å². The summed E-state index contributed by atoms with van der Waals surface area (Å²) in [6.07, 6.45) is 4.00. The molecule has 1 fully saturated rings. The maximum atomic E-state index is 12.5. The lowest BCUT2D eigenvalue weighted by atomic mass is 10.1. The molecule has 6 heteroatoms. The number of piperidine rings is 1. The molecule has 0 saturated carbocycles. The molecule has 1 aliphatic rings. The highest BCUT2D eigenvalue weighted by atomic mass is 35.5. The van der Waals surface area contributed by atoms with Crippen LogP contribution in [0, 0.1) is 0 Å². The van der Waals surface area contributed by atoms with E-state index >= 15 is 0 Å². The molecule has 5 nitrogen and oxygen atoms in total. The first-order valence-electron chi connectivity index (χ1n) is 7.25. The van der Waals surface area contributed by atoms with E-state index in [0.29, 0.717) is 36.0 Å². The number of nitrogens with two attached hydrogens (primary N) is 1. The van der Waals surface area contributed by atoms with E-state index in [1.54, 1.807) is 18.2 Å². The van der Waals surface area contributed by atoms with Crippen LogP contribution >= 0.6 is 11.6 Å². The van der Waals surface area contributed by atoms with Gasteiger partial charge in [0.15, 0.2) is 0 Å². The average Bonchev–Trinajstić information content (AvgIpc) is 2.51. The fourth-order valence-electron chi connectivity index (χ4n) is 2.38. The van der Waals surface area contributed by atoms with Crippen molar-refractivity contribution >= 4 is 17.5 Å². The monoisotopic (exact) mass is 312 g/mol. The first kappa shape index (κ1) is 16.1. The van der Waals surface area contributed by atoms with E-state index in [0.717, 1.165) is 25.9 Å². The Morgan fingerprint density at radius 3 is 2.67 bits per heavy atom. The van der Waals surface area contributed by atoms with E-state index in [1.165, 1.54) is 6.42 Å². The molecule has 2 N–H and O–H groups in total. The smallest absolute Gasteiger partial charge is 0.254 e. The molecule has 1 aromatic carbocycles. The highest BCUT2D eigenvalue weighted by Crippen LogP contribution is 2.23. The van der Waals surface area contributed by atoms with Gasteiger partial charge in [-0.25, -0.2) is 5.90 Å². The predicted octanol–water partition coefficient (Wildman–Crippen LogP) is 2.63. The third kappa shape index (κ3) is 4.88. The van der Waals surface area contributed by atoms with Crippen molar-refractivity contribution in [2.75, 3.05) is 26.3 Å². The quantitative estimate of drug-likeness (QED) is 0.648. The molecule has 0 aliphatic carbocycles. The molecule has 0 radical (unpaired) electrons. The van der Waals surface area contributed by atoms with Gasteiger partial charge in [0.2, 0.25) is 0 Å². The van der Waals surface area contributed by atoms with Crippen LogP contribution in [0.25, 0.3) is 0 Å². The number of hydrogen-bond donors (Lipinski definition) is 1. The predicted molar refractivity (Wildman–Crippen MR) is 81.5 cm³/mol. The van der Waals surface area contributed by atoms with Crippen LogP contribution in [0.4, 0.5) is 0 Å². The fourth-order valence-corrected chi connectivity index (χ4v) is 2.61. The largest absolute Gasteiger partial charge is 0.493 e. The van der Waals surface area contributed by atoms with Gasteiger partial charge in [-0.05, 0) is 37.5 Å². The number of carbonyl (C=O) groups is 1. The van der Waals surface area contributed by atoms with Gasteiger partial charge in [-0.1, -0.05) is 11.6 Å². The molecule has 0 bridgehead atoms. The summed E-state index contributed by atoms with van der Waals surface area (Å²) in [5.41, 5.74) is 0.578. The maximum Gasteiger partial charge on any atom is 0.254 e. The number of likely N-dealkylation sites (tertiary alicyclic amines) is 1. The van der Waals surface area contributed by atoms with Gasteiger partial charge in [0.1, 0.15) is 5.75 Å². The summed E-state index contributed by atoms with van der Waals surface area (Å²) in [5, 5.41) is 0.503. The van der Waals surface area contributed by atoms with Crippen LogP contribution < -0.4 is 10.6 Å². The van der Waals surface area contributed by atoms with Gasteiger partial charge in [-0.3, -0.25) is 4.79 Å². The minimum absolute atomic E-state index is 0.0207. The van der Waals surface area contributed by atoms with E-state index in [4.69, 9.17) is 22.2 Å². The highest BCUT2D eigenvalue weighted by molar-refractivity contribution is 6.31. The summed E-state index contributed by atoms with van der Waals surface area (Å²) >= 11 is 6.08. The molecule has 0 unspecified atom stereocenters. The van der Waals surface area contributed by atoms with Crippen molar-refractivity contribution in [2.45, 2.75) is 25.7 Å². The van der Waals surface area contributed by atoms with Crippen molar-refractivity contribution < 1.29 is 14.4 Å². The number of rotatable bonds is 6. The third-order valence-corrected chi connectivity index (χ3v) is 3.65. The van der Waals surface area contributed by atoms with E-state index < -0.39 is 0 Å². The van der Waals surface area contributed by atoms with Gasteiger partial charge in [-0.15, -0.1) is 0 Å². The Morgan fingerprint density at radius 2 is 1.95 bits per heavy atom. The first-order valence-corrected chi connectivity index (χ1v) is 7.63. The van der Waals surface area contributed by atoms with Crippen molar-refractivity contribution in [3.05, 3.63) is 28.8 Å². The molecule has 0 atom stereocenters. The van der Waals surface area contributed by atoms with E-state index in [9.17, 15) is 4.79 Å². The lowest BCUT2D eigenvalue weighted by Gasteiger charge is -2.27. The Hall–Kier alpha value is -1.30. The van der Waals surface area contributed by atoms with Gasteiger partial charge in [0.05, 0.1) is 13.2 Å². The second-order valence-electron chi connectivity index (χ2n) is 5.10. The molecule has 1 aliphatic heterocycles. The summed E-state index contributed by atoms with van der Waals surface area (Å²) in [7, 11) is 0. The van der Waals surface area contributed by atoms with Crippen molar-refractivity contribution in [1.82, 2.24) is 4.90 Å². The summed E-state index contributed by atoms with van der Waals surface area (Å²) < 4.78 is 5.58. The average molecular weight is 313 g/mol. The van der Waals surface area contributed by atoms with Crippen LogP contribution in [-0.2, 0) is 4.84 Å². The van der Waals surface area contributed by atoms with Gasteiger partial charge in [0.25, 0.3) is 5.91 Å². The zero-order chi connectivity index (χ0) is 15.1. The standard InChI is InChI=1S/C15H21ClN2O3/c16-13-9-12(15(19)18-5-2-1-3-6-18)10-14(11-13)20-7-4-8-21-17/h9-11H,1-8,17H2. The number of benzene rings is 1. The summed E-state index contributed by atoms with van der Waals surface area (Å²) in [4.78, 5) is 18.8. The second-order valence-corrected chi connectivity index (χ2v) is 5.54. The maximum absolute atomic E-state index is 12.5. The van der Waals surface area contributed by atoms with Crippen molar-refractivity contribution in [2.24, 2.45) is 5.90 Å². The number of carbonyl (C=O) groups excluding carboxylic acids is 1. The normalized spacial score (nSPS) is 15.0. The van der Waals surface area contributed by atoms with E-state index in [1.807, 2.05) is 4.90 Å². The Bertz CT molecular complexity index is 476. The zero-order valence-electron chi connectivity index (χ0n) is 12.0. The molecule has 116 valence electrons. The molecule has 2 rings (SSSR count). The van der Waals surface area contributed by atoms with E-state index in [-0.39, 0.29) is 5.91 Å². The van der Waals surface area contributed by atoms with Crippen LogP contribution in [0.3, 0.4) is 0 Å². The fraction of sp³-hybridized carbons (Fsp3) is 0.533. The molecule has 1 amide bonds. The Balaban J connectivity index is 2.01. The van der Waals surface area contributed by atoms with Crippen LogP contribution in [0.2, 0.25) is 5.02 Å².